The zero-order chi connectivity index (χ0) is 23.9. The summed E-state index contributed by atoms with van der Waals surface area (Å²) in [5.41, 5.74) is 8.64. The van der Waals surface area contributed by atoms with Gasteiger partial charge in [0, 0.05) is 49.9 Å². The number of amides is 1. The van der Waals surface area contributed by atoms with E-state index < -0.39 is 5.92 Å². The van der Waals surface area contributed by atoms with Crippen molar-refractivity contribution in [2.75, 3.05) is 32.8 Å². The van der Waals surface area contributed by atoms with Crippen molar-refractivity contribution in [1.29, 1.82) is 0 Å². The van der Waals surface area contributed by atoms with Gasteiger partial charge in [-0.2, -0.15) is 5.10 Å². The minimum Gasteiger partial charge on any atom is -0.395 e. The first-order valence-electron chi connectivity index (χ1n) is 11.5. The standard InChI is InChI=1S/C26H25N5O2S2/c1-29-10-19(9-28-29)17-2-4-18(5-3-17)23(15-32)26(33)30-11-20(12-30)21-13-31(14-21)35-22-6-7-24-25(8-22)34-16-27-24/h2-10,16,23,32H,11-15H2,1H3. The molecule has 4 heterocycles. The Kier molecular flexibility index (Phi) is 5.93. The largest absolute Gasteiger partial charge is 0.395 e. The number of carbonyl (C=O) groups is 1. The Morgan fingerprint density at radius 1 is 1.09 bits per heavy atom. The zero-order valence-electron chi connectivity index (χ0n) is 19.3. The number of hydrogen-bond donors (Lipinski definition) is 1. The molecule has 2 aromatic carbocycles. The molecule has 0 radical (unpaired) electrons. The summed E-state index contributed by atoms with van der Waals surface area (Å²) in [5.74, 6) is -0.533. The van der Waals surface area contributed by atoms with Gasteiger partial charge in [0.2, 0.25) is 5.91 Å². The molecule has 0 saturated carbocycles. The Morgan fingerprint density at radius 2 is 1.86 bits per heavy atom. The Labute approximate surface area is 211 Å². The van der Waals surface area contributed by atoms with Gasteiger partial charge in [-0.3, -0.25) is 9.48 Å². The van der Waals surface area contributed by atoms with Crippen LogP contribution in [0.15, 0.2) is 76.4 Å². The smallest absolute Gasteiger partial charge is 0.233 e. The number of aliphatic hydroxyl groups is 1. The molecule has 0 spiro atoms. The Hall–Kier alpha value is -2.98. The summed E-state index contributed by atoms with van der Waals surface area (Å²) in [6, 6.07) is 14.2. The van der Waals surface area contributed by atoms with Crippen LogP contribution in [-0.2, 0) is 11.8 Å². The van der Waals surface area contributed by atoms with Crippen LogP contribution < -0.4 is 0 Å². The molecule has 35 heavy (non-hydrogen) atoms. The summed E-state index contributed by atoms with van der Waals surface area (Å²) in [5, 5.41) is 14.2. The Balaban J connectivity index is 1.04. The van der Waals surface area contributed by atoms with Crippen molar-refractivity contribution < 1.29 is 9.90 Å². The molecule has 2 aliphatic rings. The molecular weight excluding hydrogens is 478 g/mol. The van der Waals surface area contributed by atoms with Crippen LogP contribution in [-0.4, -0.2) is 67.8 Å². The van der Waals surface area contributed by atoms with Gasteiger partial charge < -0.3 is 10.0 Å². The van der Waals surface area contributed by atoms with Crippen molar-refractivity contribution in [2.45, 2.75) is 10.8 Å². The maximum atomic E-state index is 13.1. The molecule has 178 valence electrons. The molecule has 9 heteroatoms. The van der Waals surface area contributed by atoms with E-state index in [2.05, 4.69) is 32.6 Å². The second-order valence-electron chi connectivity index (χ2n) is 9.03. The summed E-state index contributed by atoms with van der Waals surface area (Å²) in [4.78, 5) is 20.5. The number of aliphatic hydroxyl groups excluding tert-OH is 1. The van der Waals surface area contributed by atoms with Crippen LogP contribution in [0.5, 0.6) is 0 Å². The fourth-order valence-corrected chi connectivity index (χ4v) is 6.36. The number of rotatable bonds is 6. The second kappa shape index (κ2) is 9.23. The molecule has 2 aliphatic heterocycles. The number of benzene rings is 2. The van der Waals surface area contributed by atoms with Crippen molar-refractivity contribution in [3.63, 3.8) is 0 Å². The van der Waals surface area contributed by atoms with E-state index in [1.807, 2.05) is 54.1 Å². The van der Waals surface area contributed by atoms with E-state index in [0.29, 0.717) is 13.1 Å². The molecule has 1 unspecified atom stereocenters. The van der Waals surface area contributed by atoms with Crippen molar-refractivity contribution in [3.8, 4) is 11.1 Å². The minimum atomic E-state index is -0.528. The monoisotopic (exact) mass is 503 g/mol. The highest BCUT2D eigenvalue weighted by molar-refractivity contribution is 7.97. The van der Waals surface area contributed by atoms with Crippen LogP contribution >= 0.6 is 23.3 Å². The number of aromatic nitrogens is 3. The summed E-state index contributed by atoms with van der Waals surface area (Å²) in [7, 11) is 1.89. The number of carbonyl (C=O) groups excluding carboxylic acids is 1. The Bertz CT molecular complexity index is 1410. The number of fused-ring (bicyclic) bond motifs is 1. The first kappa shape index (κ1) is 22.5. The molecule has 1 atom stereocenters. The van der Waals surface area contributed by atoms with Gasteiger partial charge in [-0.25, -0.2) is 9.29 Å². The molecule has 2 aromatic heterocycles. The number of thiazole rings is 1. The third kappa shape index (κ3) is 4.40. The van der Waals surface area contributed by atoms with Gasteiger partial charge in [0.1, 0.15) is 0 Å². The molecule has 2 fully saturated rings. The van der Waals surface area contributed by atoms with Gasteiger partial charge in [-0.1, -0.05) is 24.3 Å². The summed E-state index contributed by atoms with van der Waals surface area (Å²) >= 11 is 3.44. The number of likely N-dealkylation sites (tertiary alicyclic amines) is 1. The molecule has 0 bridgehead atoms. The van der Waals surface area contributed by atoms with Crippen molar-refractivity contribution in [2.24, 2.45) is 7.05 Å². The van der Waals surface area contributed by atoms with Crippen molar-refractivity contribution in [1.82, 2.24) is 24.0 Å². The third-order valence-corrected chi connectivity index (χ3v) is 8.45. The van der Waals surface area contributed by atoms with Gasteiger partial charge in [-0.05, 0) is 52.4 Å². The van der Waals surface area contributed by atoms with Crippen LogP contribution in [0.4, 0.5) is 0 Å². The van der Waals surface area contributed by atoms with Crippen LogP contribution in [0.25, 0.3) is 21.3 Å². The fourth-order valence-electron chi connectivity index (χ4n) is 4.53. The maximum absolute atomic E-state index is 13.1. The van der Waals surface area contributed by atoms with E-state index in [0.717, 1.165) is 35.3 Å². The number of aryl methyl sites for hydroxylation is 1. The Morgan fingerprint density at radius 3 is 2.57 bits per heavy atom. The van der Waals surface area contributed by atoms with Crippen LogP contribution in [0, 0.1) is 0 Å². The van der Waals surface area contributed by atoms with E-state index in [9.17, 15) is 9.90 Å². The third-order valence-electron chi connectivity index (χ3n) is 6.68. The van der Waals surface area contributed by atoms with E-state index in [4.69, 9.17) is 0 Å². The highest BCUT2D eigenvalue weighted by Gasteiger charge is 2.35. The average Bonchev–Trinajstić information content (AvgIpc) is 3.46. The van der Waals surface area contributed by atoms with Gasteiger partial charge in [0.25, 0.3) is 0 Å². The maximum Gasteiger partial charge on any atom is 0.233 e. The molecule has 4 aromatic rings. The lowest BCUT2D eigenvalue weighted by Gasteiger charge is -2.42. The normalized spacial score (nSPS) is 16.9. The molecule has 7 nitrogen and oxygen atoms in total. The lowest BCUT2D eigenvalue weighted by atomic mass is 9.92. The van der Waals surface area contributed by atoms with Crippen LogP contribution in [0.3, 0.4) is 0 Å². The van der Waals surface area contributed by atoms with E-state index in [1.165, 1.54) is 20.7 Å². The molecule has 1 N–H and O–H groups in total. The topological polar surface area (TPSA) is 74.5 Å². The summed E-state index contributed by atoms with van der Waals surface area (Å²) in [6.45, 7) is 3.01. The van der Waals surface area contributed by atoms with Gasteiger partial charge in [0.15, 0.2) is 0 Å². The van der Waals surface area contributed by atoms with E-state index in [-0.39, 0.29) is 12.5 Å². The number of nitrogens with zero attached hydrogens (tertiary/aromatic N) is 5. The summed E-state index contributed by atoms with van der Waals surface area (Å²) < 4.78 is 5.32. The molecule has 2 saturated heterocycles. The van der Waals surface area contributed by atoms with Crippen molar-refractivity contribution in [3.05, 3.63) is 77.1 Å². The van der Waals surface area contributed by atoms with E-state index >= 15 is 0 Å². The second-order valence-corrected chi connectivity index (χ2v) is 11.1. The average molecular weight is 504 g/mol. The SMILES string of the molecule is Cn1cc(-c2ccc(C(CO)C(=O)N3CC(=C4CN(Sc5ccc6ncsc6c5)C4)C3)cc2)cn1. The highest BCUT2D eigenvalue weighted by Crippen LogP contribution is 2.36. The van der Waals surface area contributed by atoms with Gasteiger partial charge >= 0.3 is 0 Å². The fraction of sp³-hybridized carbons (Fsp3) is 0.269. The highest BCUT2D eigenvalue weighted by atomic mass is 32.2. The van der Waals surface area contributed by atoms with Crippen molar-refractivity contribution >= 4 is 39.4 Å². The zero-order valence-corrected chi connectivity index (χ0v) is 20.9. The first-order valence-corrected chi connectivity index (χ1v) is 13.2. The lowest BCUT2D eigenvalue weighted by molar-refractivity contribution is -0.135. The quantitative estimate of drug-likeness (QED) is 0.317. The van der Waals surface area contributed by atoms with Crippen LogP contribution in [0.2, 0.25) is 0 Å². The lowest BCUT2D eigenvalue weighted by Crippen LogP contribution is -2.50. The first-order chi connectivity index (χ1) is 17.1. The molecule has 0 aliphatic carbocycles. The van der Waals surface area contributed by atoms with Gasteiger partial charge in [0.05, 0.1) is 34.4 Å². The van der Waals surface area contributed by atoms with Gasteiger partial charge in [-0.15, -0.1) is 11.3 Å². The minimum absolute atomic E-state index is 0.00519. The molecular formula is C26H25N5O2S2. The van der Waals surface area contributed by atoms with Crippen LogP contribution in [0.1, 0.15) is 11.5 Å². The summed E-state index contributed by atoms with van der Waals surface area (Å²) in [6.07, 6.45) is 3.78. The number of hydrogen-bond acceptors (Lipinski definition) is 7. The predicted molar refractivity (Wildman–Crippen MR) is 139 cm³/mol. The predicted octanol–water partition coefficient (Wildman–Crippen LogP) is 3.93. The van der Waals surface area contributed by atoms with E-state index in [1.54, 1.807) is 28.0 Å². The molecule has 6 rings (SSSR count). The molecule has 1 amide bonds.